The summed E-state index contributed by atoms with van der Waals surface area (Å²) in [6.07, 6.45) is 5.46. The maximum atomic E-state index is 11.5. The zero-order valence-corrected chi connectivity index (χ0v) is 11.7. The van der Waals surface area contributed by atoms with Crippen molar-refractivity contribution in [3.05, 3.63) is 41.5 Å². The molecule has 1 amide bonds. The van der Waals surface area contributed by atoms with Gasteiger partial charge >= 0.3 is 0 Å². The van der Waals surface area contributed by atoms with Crippen LogP contribution in [-0.2, 0) is 11.2 Å². The van der Waals surface area contributed by atoms with Gasteiger partial charge in [0.05, 0.1) is 6.10 Å². The van der Waals surface area contributed by atoms with Crippen LogP contribution in [0.2, 0.25) is 0 Å². The molecule has 0 saturated carbocycles. The Morgan fingerprint density at radius 2 is 2.00 bits per heavy atom. The maximum Gasteiger partial charge on any atom is 0.244 e. The van der Waals surface area contributed by atoms with Gasteiger partial charge in [-0.1, -0.05) is 44.5 Å². The largest absolute Gasteiger partial charge is 0.391 e. The monoisotopic (exact) mass is 261 g/mol. The SMILES string of the molecule is CCCC(O)CNC(=O)/C=C/c1ccc(CC)cc1. The second-order valence-electron chi connectivity index (χ2n) is 4.62. The molecule has 0 radical (unpaired) electrons. The summed E-state index contributed by atoms with van der Waals surface area (Å²) < 4.78 is 0. The van der Waals surface area contributed by atoms with Crippen molar-refractivity contribution < 1.29 is 9.90 Å². The molecule has 0 aliphatic heterocycles. The van der Waals surface area contributed by atoms with Crippen LogP contribution in [0.15, 0.2) is 30.3 Å². The van der Waals surface area contributed by atoms with Crippen molar-refractivity contribution in [3.63, 3.8) is 0 Å². The van der Waals surface area contributed by atoms with Crippen LogP contribution in [0.1, 0.15) is 37.8 Å². The topological polar surface area (TPSA) is 49.3 Å². The number of carbonyl (C=O) groups is 1. The van der Waals surface area contributed by atoms with E-state index in [-0.39, 0.29) is 5.91 Å². The first kappa shape index (κ1) is 15.4. The lowest BCUT2D eigenvalue weighted by atomic mass is 10.1. The smallest absolute Gasteiger partial charge is 0.244 e. The van der Waals surface area contributed by atoms with Gasteiger partial charge in [0, 0.05) is 12.6 Å². The summed E-state index contributed by atoms with van der Waals surface area (Å²) in [5.41, 5.74) is 2.28. The Hall–Kier alpha value is -1.61. The first-order valence-corrected chi connectivity index (χ1v) is 6.88. The zero-order chi connectivity index (χ0) is 14.1. The van der Waals surface area contributed by atoms with Gasteiger partial charge in [-0.25, -0.2) is 0 Å². The van der Waals surface area contributed by atoms with Crippen molar-refractivity contribution >= 4 is 12.0 Å². The highest BCUT2D eigenvalue weighted by Gasteiger charge is 2.03. The van der Waals surface area contributed by atoms with E-state index in [1.807, 2.05) is 19.1 Å². The normalized spacial score (nSPS) is 12.6. The molecule has 2 N–H and O–H groups in total. The second kappa shape index (κ2) is 8.48. The molecular formula is C16H23NO2. The Morgan fingerprint density at radius 3 is 2.58 bits per heavy atom. The molecule has 0 saturated heterocycles. The number of rotatable bonds is 7. The van der Waals surface area contributed by atoms with Crippen molar-refractivity contribution in [2.45, 2.75) is 39.2 Å². The van der Waals surface area contributed by atoms with Gasteiger partial charge in [0.25, 0.3) is 0 Å². The molecule has 1 aromatic carbocycles. The molecule has 104 valence electrons. The maximum absolute atomic E-state index is 11.5. The van der Waals surface area contributed by atoms with E-state index in [1.54, 1.807) is 6.08 Å². The number of aryl methyl sites for hydroxylation is 1. The van der Waals surface area contributed by atoms with Crippen molar-refractivity contribution in [3.8, 4) is 0 Å². The molecule has 19 heavy (non-hydrogen) atoms. The fourth-order valence-corrected chi connectivity index (χ4v) is 1.75. The molecule has 0 fully saturated rings. The van der Waals surface area contributed by atoms with E-state index in [1.165, 1.54) is 11.6 Å². The van der Waals surface area contributed by atoms with E-state index < -0.39 is 6.10 Å². The third kappa shape index (κ3) is 6.20. The van der Waals surface area contributed by atoms with Crippen LogP contribution in [0.25, 0.3) is 6.08 Å². The fourth-order valence-electron chi connectivity index (χ4n) is 1.75. The van der Waals surface area contributed by atoms with Crippen molar-refractivity contribution in [2.24, 2.45) is 0 Å². The Kier molecular flexibility index (Phi) is 6.90. The molecule has 3 heteroatoms. The van der Waals surface area contributed by atoms with Crippen molar-refractivity contribution in [2.75, 3.05) is 6.54 Å². The van der Waals surface area contributed by atoms with Gasteiger partial charge in [0.1, 0.15) is 0 Å². The molecule has 1 rings (SSSR count). The van der Waals surface area contributed by atoms with E-state index >= 15 is 0 Å². The minimum atomic E-state index is -0.453. The highest BCUT2D eigenvalue weighted by Crippen LogP contribution is 2.06. The highest BCUT2D eigenvalue weighted by molar-refractivity contribution is 5.91. The van der Waals surface area contributed by atoms with Crippen LogP contribution in [-0.4, -0.2) is 23.7 Å². The van der Waals surface area contributed by atoms with Gasteiger partial charge in [-0.3, -0.25) is 4.79 Å². The number of carbonyl (C=O) groups excluding carboxylic acids is 1. The third-order valence-electron chi connectivity index (χ3n) is 2.95. The molecule has 3 nitrogen and oxygen atoms in total. The average Bonchev–Trinajstić information content (AvgIpc) is 2.44. The van der Waals surface area contributed by atoms with Gasteiger partial charge < -0.3 is 10.4 Å². The average molecular weight is 261 g/mol. The lowest BCUT2D eigenvalue weighted by Gasteiger charge is -2.08. The van der Waals surface area contributed by atoms with Crippen molar-refractivity contribution in [1.82, 2.24) is 5.32 Å². The molecule has 0 aliphatic carbocycles. The lowest BCUT2D eigenvalue weighted by molar-refractivity contribution is -0.116. The Balaban J connectivity index is 2.40. The second-order valence-corrected chi connectivity index (χ2v) is 4.62. The third-order valence-corrected chi connectivity index (χ3v) is 2.95. The summed E-state index contributed by atoms with van der Waals surface area (Å²) in [5.74, 6) is -0.172. The van der Waals surface area contributed by atoms with E-state index in [0.717, 1.165) is 18.4 Å². The zero-order valence-electron chi connectivity index (χ0n) is 11.7. The molecule has 1 aromatic rings. The molecule has 0 aliphatic rings. The Labute approximate surface area is 115 Å². The highest BCUT2D eigenvalue weighted by atomic mass is 16.3. The van der Waals surface area contributed by atoms with E-state index in [9.17, 15) is 9.90 Å². The van der Waals surface area contributed by atoms with Gasteiger partial charge in [-0.05, 0) is 30.0 Å². The molecule has 0 heterocycles. The number of aliphatic hydroxyl groups excluding tert-OH is 1. The Bertz CT molecular complexity index is 409. The van der Waals surface area contributed by atoms with Crippen LogP contribution in [0.5, 0.6) is 0 Å². The van der Waals surface area contributed by atoms with Gasteiger partial charge in [-0.2, -0.15) is 0 Å². The summed E-state index contributed by atoms with van der Waals surface area (Å²) in [5, 5.41) is 12.2. The molecule has 1 unspecified atom stereocenters. The number of aliphatic hydroxyl groups is 1. The van der Waals surface area contributed by atoms with Crippen molar-refractivity contribution in [1.29, 1.82) is 0 Å². The quantitative estimate of drug-likeness (QED) is 0.741. The van der Waals surface area contributed by atoms with Gasteiger partial charge in [-0.15, -0.1) is 0 Å². The van der Waals surface area contributed by atoms with Crippen LogP contribution >= 0.6 is 0 Å². The molecule has 1 atom stereocenters. The molecule has 0 aromatic heterocycles. The van der Waals surface area contributed by atoms with Crippen LogP contribution in [0.4, 0.5) is 0 Å². The minimum absolute atomic E-state index is 0.172. The fraction of sp³-hybridized carbons (Fsp3) is 0.438. The predicted molar refractivity (Wildman–Crippen MR) is 78.8 cm³/mol. The predicted octanol–water partition coefficient (Wildman–Crippen LogP) is 2.54. The Morgan fingerprint density at radius 1 is 1.32 bits per heavy atom. The number of benzene rings is 1. The summed E-state index contributed by atoms with van der Waals surface area (Å²) in [4.78, 5) is 11.5. The van der Waals surface area contributed by atoms with Crippen LogP contribution < -0.4 is 5.32 Å². The number of hydrogen-bond acceptors (Lipinski definition) is 2. The number of hydrogen-bond donors (Lipinski definition) is 2. The van der Waals surface area contributed by atoms with Crippen LogP contribution in [0.3, 0.4) is 0 Å². The summed E-state index contributed by atoms with van der Waals surface area (Å²) in [6, 6.07) is 8.11. The number of nitrogens with one attached hydrogen (secondary N) is 1. The van der Waals surface area contributed by atoms with Crippen LogP contribution in [0, 0.1) is 0 Å². The van der Waals surface area contributed by atoms with Gasteiger partial charge in [0.15, 0.2) is 0 Å². The summed E-state index contributed by atoms with van der Waals surface area (Å²) in [7, 11) is 0. The van der Waals surface area contributed by atoms with E-state index in [4.69, 9.17) is 0 Å². The molecular weight excluding hydrogens is 238 g/mol. The molecule has 0 spiro atoms. The number of amides is 1. The molecule has 0 bridgehead atoms. The summed E-state index contributed by atoms with van der Waals surface area (Å²) >= 11 is 0. The lowest BCUT2D eigenvalue weighted by Crippen LogP contribution is -2.30. The first-order valence-electron chi connectivity index (χ1n) is 6.88. The van der Waals surface area contributed by atoms with Gasteiger partial charge in [0.2, 0.25) is 5.91 Å². The summed E-state index contributed by atoms with van der Waals surface area (Å²) in [6.45, 7) is 4.43. The van der Waals surface area contributed by atoms with E-state index in [2.05, 4.69) is 24.4 Å². The standard InChI is InChI=1S/C16H23NO2/c1-3-5-15(18)12-17-16(19)11-10-14-8-6-13(4-2)7-9-14/h6-11,15,18H,3-5,12H2,1-2H3,(H,17,19)/b11-10+. The van der Waals surface area contributed by atoms with E-state index in [0.29, 0.717) is 13.0 Å². The minimum Gasteiger partial charge on any atom is -0.391 e. The first-order chi connectivity index (χ1) is 9.15.